The van der Waals surface area contributed by atoms with Crippen LogP contribution in [-0.2, 0) is 10.0 Å². The number of fused-ring (bicyclic) bond motifs is 3. The second-order valence-corrected chi connectivity index (χ2v) is 13.8. The maximum atomic E-state index is 13.4. The molecule has 2 N–H and O–H groups in total. The highest BCUT2D eigenvalue weighted by Gasteiger charge is 2.38. The van der Waals surface area contributed by atoms with Crippen molar-refractivity contribution >= 4 is 38.2 Å². The van der Waals surface area contributed by atoms with Crippen LogP contribution < -0.4 is 0 Å². The molecule has 2 heterocycles. The van der Waals surface area contributed by atoms with Gasteiger partial charge in [0.2, 0.25) is 10.0 Å². The number of hydrogen-bond acceptors (Lipinski definition) is 5. The number of aromatic hydroxyl groups is 1. The van der Waals surface area contributed by atoms with Gasteiger partial charge in [-0.05, 0) is 74.1 Å². The lowest BCUT2D eigenvalue weighted by Gasteiger charge is -2.24. The number of sulfonamides is 1. The Morgan fingerprint density at radius 3 is 2.53 bits per heavy atom. The summed E-state index contributed by atoms with van der Waals surface area (Å²) in [7, 11) is -2.13. The molecule has 9 heteroatoms. The first kappa shape index (κ1) is 29.1. The van der Waals surface area contributed by atoms with Gasteiger partial charge in [0.1, 0.15) is 0 Å². The third-order valence-corrected chi connectivity index (χ3v) is 10.7. The van der Waals surface area contributed by atoms with E-state index in [2.05, 4.69) is 4.98 Å². The van der Waals surface area contributed by atoms with Gasteiger partial charge in [-0.15, -0.1) is 0 Å². The Labute approximate surface area is 253 Å². The maximum Gasteiger partial charge on any atom is 0.254 e. The Balaban J connectivity index is 1.38. The number of aromatic nitrogens is 1. The van der Waals surface area contributed by atoms with Crippen molar-refractivity contribution in [2.24, 2.45) is 10.9 Å². The van der Waals surface area contributed by atoms with E-state index in [9.17, 15) is 18.3 Å². The van der Waals surface area contributed by atoms with Gasteiger partial charge in [0.15, 0.2) is 5.88 Å². The lowest BCUT2D eigenvalue weighted by atomic mass is 9.90. The zero-order chi connectivity index (χ0) is 30.1. The van der Waals surface area contributed by atoms with Gasteiger partial charge < -0.3 is 15.0 Å². The molecule has 224 valence electrons. The van der Waals surface area contributed by atoms with Crippen LogP contribution in [0.2, 0.25) is 0 Å². The molecular formula is C34H38N4O4S. The Morgan fingerprint density at radius 2 is 1.81 bits per heavy atom. The largest absolute Gasteiger partial charge is 0.494 e. The maximum absolute atomic E-state index is 13.4. The van der Waals surface area contributed by atoms with Crippen molar-refractivity contribution in [1.82, 2.24) is 14.2 Å². The molecule has 1 aliphatic heterocycles. The van der Waals surface area contributed by atoms with E-state index in [0.29, 0.717) is 51.9 Å². The van der Waals surface area contributed by atoms with Gasteiger partial charge in [-0.1, -0.05) is 50.1 Å². The van der Waals surface area contributed by atoms with Gasteiger partial charge in [0.05, 0.1) is 21.9 Å². The lowest BCUT2D eigenvalue weighted by Crippen LogP contribution is -2.35. The molecule has 8 nitrogen and oxygen atoms in total. The van der Waals surface area contributed by atoms with E-state index in [0.717, 1.165) is 37.8 Å². The molecule has 1 saturated heterocycles. The molecule has 1 amide bonds. The average molecular weight is 599 g/mol. The minimum Gasteiger partial charge on any atom is -0.494 e. The summed E-state index contributed by atoms with van der Waals surface area (Å²) in [6.07, 6.45) is 6.25. The summed E-state index contributed by atoms with van der Waals surface area (Å²) in [4.78, 5) is 23.5. The van der Waals surface area contributed by atoms with E-state index < -0.39 is 10.0 Å². The van der Waals surface area contributed by atoms with Crippen LogP contribution in [0, 0.1) is 5.92 Å². The molecule has 2 bridgehead atoms. The fourth-order valence-electron chi connectivity index (χ4n) is 6.46. The third kappa shape index (κ3) is 5.71. The number of likely N-dealkylation sites (tertiary alicyclic amines) is 1. The van der Waals surface area contributed by atoms with Crippen LogP contribution in [0.5, 0.6) is 5.88 Å². The normalized spacial score (nSPS) is 19.0. The minimum atomic E-state index is -3.72. The van der Waals surface area contributed by atoms with E-state index in [-0.39, 0.29) is 16.7 Å². The molecule has 0 spiro atoms. The number of carbonyl (C=O) groups excluding carboxylic acids is 1. The molecule has 2 unspecified atom stereocenters. The predicted octanol–water partition coefficient (Wildman–Crippen LogP) is 6.48. The summed E-state index contributed by atoms with van der Waals surface area (Å²) >= 11 is 0. The average Bonchev–Trinajstić information content (AvgIpc) is 3.51. The van der Waals surface area contributed by atoms with Crippen LogP contribution in [0.1, 0.15) is 66.9 Å². The molecule has 1 saturated carbocycles. The van der Waals surface area contributed by atoms with E-state index in [4.69, 9.17) is 4.99 Å². The number of H-pyrrole nitrogens is 1. The minimum absolute atomic E-state index is 0.0696. The summed E-state index contributed by atoms with van der Waals surface area (Å²) in [5, 5.41) is 11.7. The van der Waals surface area contributed by atoms with Gasteiger partial charge in [0.25, 0.3) is 5.91 Å². The van der Waals surface area contributed by atoms with Crippen molar-refractivity contribution in [1.29, 1.82) is 0 Å². The highest BCUT2D eigenvalue weighted by molar-refractivity contribution is 7.89. The number of hydrogen-bond donors (Lipinski definition) is 2. The molecular weight excluding hydrogens is 560 g/mol. The number of nitrogens with one attached hydrogen (secondary N) is 1. The second kappa shape index (κ2) is 12.0. The van der Waals surface area contributed by atoms with Gasteiger partial charge in [-0.3, -0.25) is 4.79 Å². The molecule has 1 aliphatic carbocycles. The van der Waals surface area contributed by atoms with Crippen molar-refractivity contribution in [2.45, 2.75) is 56.4 Å². The molecule has 4 aromatic rings. The first-order valence-electron chi connectivity index (χ1n) is 15.1. The Kier molecular flexibility index (Phi) is 8.11. The van der Waals surface area contributed by atoms with Crippen LogP contribution >= 0.6 is 0 Å². The topological polar surface area (TPSA) is 106 Å². The molecule has 2 fully saturated rings. The zero-order valence-corrected chi connectivity index (χ0v) is 25.5. The molecule has 2 atom stereocenters. The number of amides is 1. The van der Waals surface area contributed by atoms with Gasteiger partial charge in [-0.25, -0.2) is 17.7 Å². The number of aromatic amines is 1. The molecule has 1 aromatic heterocycles. The van der Waals surface area contributed by atoms with E-state index in [1.165, 1.54) is 17.1 Å². The smallest absolute Gasteiger partial charge is 0.254 e. The van der Waals surface area contributed by atoms with Crippen molar-refractivity contribution in [2.75, 3.05) is 20.1 Å². The van der Waals surface area contributed by atoms with Crippen molar-refractivity contribution in [3.05, 3.63) is 89.5 Å². The van der Waals surface area contributed by atoms with E-state index >= 15 is 0 Å². The fourth-order valence-corrected chi connectivity index (χ4v) is 7.70. The Hall–Kier alpha value is -3.95. The number of carbonyl (C=O) groups is 1. The zero-order valence-electron chi connectivity index (χ0n) is 24.7. The first-order valence-corrected chi connectivity index (χ1v) is 16.6. The second-order valence-electron chi connectivity index (χ2n) is 11.8. The van der Waals surface area contributed by atoms with Crippen LogP contribution in [0.3, 0.4) is 0 Å². The summed E-state index contributed by atoms with van der Waals surface area (Å²) in [5.41, 5.74) is 3.53. The van der Waals surface area contributed by atoms with E-state index in [1.54, 1.807) is 25.2 Å². The summed E-state index contributed by atoms with van der Waals surface area (Å²) in [5.74, 6) is 0.592. The third-order valence-electron chi connectivity index (χ3n) is 8.84. The van der Waals surface area contributed by atoms with Crippen LogP contribution in [0.4, 0.5) is 5.69 Å². The quantitative estimate of drug-likeness (QED) is 0.215. The van der Waals surface area contributed by atoms with Crippen LogP contribution in [-0.4, -0.2) is 65.5 Å². The molecule has 6 rings (SSSR count). The fraction of sp³-hybridized carbons (Fsp3) is 0.353. The first-order chi connectivity index (χ1) is 20.8. The van der Waals surface area contributed by atoms with Crippen LogP contribution in [0.25, 0.3) is 10.9 Å². The predicted molar refractivity (Wildman–Crippen MR) is 170 cm³/mol. The molecule has 0 radical (unpaired) electrons. The summed E-state index contributed by atoms with van der Waals surface area (Å²) < 4.78 is 28.1. The van der Waals surface area contributed by atoms with Crippen LogP contribution in [0.15, 0.2) is 82.7 Å². The Bertz CT molecular complexity index is 1760. The molecule has 2 aliphatic rings. The molecule has 3 aromatic carbocycles. The molecule has 43 heavy (non-hydrogen) atoms. The highest BCUT2D eigenvalue weighted by atomic mass is 32.2. The Morgan fingerprint density at radius 1 is 1.05 bits per heavy atom. The highest BCUT2D eigenvalue weighted by Crippen LogP contribution is 2.37. The summed E-state index contributed by atoms with van der Waals surface area (Å²) in [6.45, 7) is 3.29. The van der Waals surface area contributed by atoms with Crippen molar-refractivity contribution in [3.8, 4) is 5.88 Å². The van der Waals surface area contributed by atoms with Gasteiger partial charge in [0, 0.05) is 48.2 Å². The number of rotatable bonds is 9. The van der Waals surface area contributed by atoms with Gasteiger partial charge in [-0.2, -0.15) is 0 Å². The SMILES string of the molecule is CCCCN(C)S(=O)(=O)c1ccc2[nH]c(O)c(C(=Nc3ccc(C(=O)N4CC5CCCC4C5)cc3)c3ccccc3)c2c1. The lowest BCUT2D eigenvalue weighted by molar-refractivity contribution is 0.0733. The standard InChI is InChI=1S/C34H38N4O4S/c1-3-4-19-37(2)43(41,42)28-17-18-30-29(21-28)31(33(39)36-30)32(24-10-6-5-7-11-24)35-26-15-13-25(14-16-26)34(40)38-22-23-9-8-12-27(38)20-23/h5-7,10-11,13-18,21,23,27,36,39H,3-4,8-9,12,19-20,22H2,1-2H3. The van der Waals surface area contributed by atoms with Crippen molar-refractivity contribution < 1.29 is 18.3 Å². The summed E-state index contributed by atoms with van der Waals surface area (Å²) in [6, 6.07) is 22.0. The van der Waals surface area contributed by atoms with Crippen molar-refractivity contribution in [3.63, 3.8) is 0 Å². The number of benzene rings is 3. The number of unbranched alkanes of at least 4 members (excludes halogenated alkanes) is 1. The van der Waals surface area contributed by atoms with E-state index in [1.807, 2.05) is 66.4 Å². The number of aliphatic imine (C=N–C) groups is 1. The monoisotopic (exact) mass is 598 g/mol. The number of nitrogens with zero attached hydrogens (tertiary/aromatic N) is 3. The van der Waals surface area contributed by atoms with Gasteiger partial charge >= 0.3 is 0 Å².